The topological polar surface area (TPSA) is 114 Å². The van der Waals surface area contributed by atoms with E-state index in [1.807, 2.05) is 67.6 Å². The molecule has 2 aromatic rings. The first-order valence-electron chi connectivity index (χ1n) is 9.68. The van der Waals surface area contributed by atoms with E-state index in [1.165, 1.54) is 0 Å². The van der Waals surface area contributed by atoms with Crippen molar-refractivity contribution >= 4 is 5.90 Å². The maximum atomic E-state index is 10.5. The van der Waals surface area contributed by atoms with Gasteiger partial charge in [0.05, 0.1) is 23.6 Å². The molecule has 2 saturated heterocycles. The van der Waals surface area contributed by atoms with Crippen LogP contribution in [-0.2, 0) is 14.9 Å². The minimum atomic E-state index is -1.95. The highest BCUT2D eigenvalue weighted by Crippen LogP contribution is 2.66. The fraction of sp³-hybridized carbons (Fsp3) is 0.333. The van der Waals surface area contributed by atoms with E-state index in [0.29, 0.717) is 5.56 Å². The second kappa shape index (κ2) is 6.70. The van der Waals surface area contributed by atoms with Crippen molar-refractivity contribution in [2.75, 3.05) is 0 Å². The molecular weight excluding hydrogens is 376 g/mol. The molecule has 0 aliphatic carbocycles. The van der Waals surface area contributed by atoms with Crippen molar-refractivity contribution in [1.82, 2.24) is 0 Å². The Labute approximate surface area is 175 Å². The highest BCUT2D eigenvalue weighted by Gasteiger charge is 2.81. The van der Waals surface area contributed by atoms with Crippen LogP contribution in [-0.4, -0.2) is 18.3 Å². The summed E-state index contributed by atoms with van der Waals surface area (Å²) >= 11 is 0. The van der Waals surface area contributed by atoms with E-state index in [-0.39, 0.29) is 5.92 Å². The van der Waals surface area contributed by atoms with E-state index < -0.39 is 34.5 Å². The summed E-state index contributed by atoms with van der Waals surface area (Å²) in [4.78, 5) is 0. The maximum absolute atomic E-state index is 10.5. The zero-order chi connectivity index (χ0) is 21.6. The van der Waals surface area contributed by atoms with Gasteiger partial charge in [-0.05, 0) is 18.1 Å². The van der Waals surface area contributed by atoms with Crippen molar-refractivity contribution in [3.8, 4) is 18.2 Å². The molecule has 4 rings (SSSR count). The molecule has 2 aliphatic rings. The van der Waals surface area contributed by atoms with Crippen LogP contribution in [0.25, 0.3) is 0 Å². The summed E-state index contributed by atoms with van der Waals surface area (Å²) in [5.41, 5.74) is -3.44. The number of nitrogens with zero attached hydrogens (tertiary/aromatic N) is 3. The van der Waals surface area contributed by atoms with E-state index in [2.05, 4.69) is 18.2 Å². The third-order valence-electron chi connectivity index (χ3n) is 6.78. The SMILES string of the molecule is CC(c1ccccc1)C1OC2OC(=N)C(C#N)(C1(C#N)C#N)C2(C)c1ccccc1. The summed E-state index contributed by atoms with van der Waals surface area (Å²) in [6, 6.07) is 24.9. The van der Waals surface area contributed by atoms with Crippen LogP contribution in [0.15, 0.2) is 60.7 Å². The maximum Gasteiger partial charge on any atom is 0.213 e. The summed E-state index contributed by atoms with van der Waals surface area (Å²) in [5, 5.41) is 39.8. The minimum absolute atomic E-state index is 0.379. The number of benzene rings is 2. The number of rotatable bonds is 3. The van der Waals surface area contributed by atoms with Crippen LogP contribution in [0.5, 0.6) is 0 Å². The third-order valence-corrected chi connectivity index (χ3v) is 6.78. The smallest absolute Gasteiger partial charge is 0.213 e. The molecule has 2 fully saturated rings. The Morgan fingerprint density at radius 1 is 0.933 bits per heavy atom. The molecule has 2 aromatic carbocycles. The van der Waals surface area contributed by atoms with Crippen molar-refractivity contribution in [1.29, 1.82) is 21.2 Å². The van der Waals surface area contributed by atoms with Crippen molar-refractivity contribution < 1.29 is 9.47 Å². The van der Waals surface area contributed by atoms with Gasteiger partial charge in [0.1, 0.15) is 6.10 Å². The molecule has 6 nitrogen and oxygen atoms in total. The lowest BCUT2D eigenvalue weighted by Crippen LogP contribution is -2.66. The molecule has 2 heterocycles. The molecule has 30 heavy (non-hydrogen) atoms. The van der Waals surface area contributed by atoms with Gasteiger partial charge in [0.2, 0.25) is 12.2 Å². The van der Waals surface area contributed by atoms with Crippen LogP contribution in [0, 0.1) is 50.2 Å². The van der Waals surface area contributed by atoms with E-state index >= 15 is 0 Å². The van der Waals surface area contributed by atoms with Crippen molar-refractivity contribution in [2.45, 2.75) is 37.6 Å². The molecule has 0 saturated carbocycles. The minimum Gasteiger partial charge on any atom is -0.449 e. The number of hydrogen-bond acceptors (Lipinski definition) is 6. The lowest BCUT2D eigenvalue weighted by atomic mass is 9.47. The largest absolute Gasteiger partial charge is 0.449 e. The Balaban J connectivity index is 1.99. The van der Waals surface area contributed by atoms with E-state index in [4.69, 9.17) is 14.9 Å². The van der Waals surface area contributed by atoms with Gasteiger partial charge in [-0.1, -0.05) is 67.6 Å². The molecule has 0 aromatic heterocycles. The second-order valence-corrected chi connectivity index (χ2v) is 8.00. The van der Waals surface area contributed by atoms with Crippen molar-refractivity contribution in [3.63, 3.8) is 0 Å². The standard InChI is InChI=1S/C24H20N4O2/c1-16(17-9-5-3-6-10-17)19-23(13-25,14-26)24(15-27)20(28)30-21(29-19)22(24,2)18-11-7-4-8-12-18/h3-12,16,19,21,28H,1-2H3. The Morgan fingerprint density at radius 3 is 2.03 bits per heavy atom. The number of fused-ring (bicyclic) bond motifs is 2. The molecule has 0 spiro atoms. The predicted molar refractivity (Wildman–Crippen MR) is 108 cm³/mol. The average Bonchev–Trinajstić information content (AvgIpc) is 2.95. The van der Waals surface area contributed by atoms with Crippen LogP contribution in [0.2, 0.25) is 0 Å². The lowest BCUT2D eigenvalue weighted by Gasteiger charge is -2.52. The fourth-order valence-electron chi connectivity index (χ4n) is 5.06. The zero-order valence-corrected chi connectivity index (χ0v) is 16.7. The molecule has 6 heteroatoms. The van der Waals surface area contributed by atoms with Crippen LogP contribution in [0.1, 0.15) is 30.9 Å². The Morgan fingerprint density at radius 2 is 1.50 bits per heavy atom. The predicted octanol–water partition coefficient (Wildman–Crippen LogP) is 4.02. The van der Waals surface area contributed by atoms with Crippen molar-refractivity contribution in [3.05, 3.63) is 71.8 Å². The summed E-state index contributed by atoms with van der Waals surface area (Å²) in [7, 11) is 0. The van der Waals surface area contributed by atoms with Crippen LogP contribution < -0.4 is 0 Å². The Bertz CT molecular complexity index is 1100. The van der Waals surface area contributed by atoms with Crippen LogP contribution in [0.4, 0.5) is 0 Å². The highest BCUT2D eigenvalue weighted by atomic mass is 16.7. The molecule has 2 bridgehead atoms. The number of hydrogen-bond donors (Lipinski definition) is 1. The van der Waals surface area contributed by atoms with Crippen LogP contribution in [0.3, 0.4) is 0 Å². The molecule has 148 valence electrons. The molecule has 1 N–H and O–H groups in total. The normalized spacial score (nSPS) is 32.2. The fourth-order valence-corrected chi connectivity index (χ4v) is 5.06. The van der Waals surface area contributed by atoms with Gasteiger partial charge < -0.3 is 9.47 Å². The number of nitrogens with one attached hydrogen (secondary N) is 1. The third kappa shape index (κ3) is 2.11. The van der Waals surface area contributed by atoms with Gasteiger partial charge in [-0.2, -0.15) is 15.8 Å². The molecular formula is C24H20N4O2. The van der Waals surface area contributed by atoms with Gasteiger partial charge >= 0.3 is 0 Å². The van der Waals surface area contributed by atoms with Crippen molar-refractivity contribution in [2.24, 2.45) is 10.8 Å². The molecule has 5 atom stereocenters. The molecule has 0 radical (unpaired) electrons. The van der Waals surface area contributed by atoms with Gasteiger partial charge in [-0.15, -0.1) is 0 Å². The van der Waals surface area contributed by atoms with Crippen LogP contribution >= 0.6 is 0 Å². The monoisotopic (exact) mass is 396 g/mol. The summed E-state index contributed by atoms with van der Waals surface area (Å²) < 4.78 is 12.1. The summed E-state index contributed by atoms with van der Waals surface area (Å²) in [6.45, 7) is 3.60. The van der Waals surface area contributed by atoms with E-state index in [1.54, 1.807) is 6.92 Å². The van der Waals surface area contributed by atoms with Gasteiger partial charge in [-0.3, -0.25) is 5.41 Å². The first-order valence-corrected chi connectivity index (χ1v) is 9.68. The Kier molecular flexibility index (Phi) is 4.39. The number of nitriles is 3. The highest BCUT2D eigenvalue weighted by molar-refractivity contribution is 5.91. The number of ether oxygens (including phenoxy) is 2. The van der Waals surface area contributed by atoms with Gasteiger partial charge in [0, 0.05) is 5.92 Å². The van der Waals surface area contributed by atoms with E-state index in [9.17, 15) is 15.8 Å². The summed E-state index contributed by atoms with van der Waals surface area (Å²) in [5.74, 6) is -0.775. The van der Waals surface area contributed by atoms with Gasteiger partial charge in [0.25, 0.3) is 0 Å². The molecule has 2 aliphatic heterocycles. The first-order chi connectivity index (χ1) is 14.4. The lowest BCUT2D eigenvalue weighted by molar-refractivity contribution is -0.214. The average molecular weight is 396 g/mol. The Hall–Kier alpha value is -3.66. The summed E-state index contributed by atoms with van der Waals surface area (Å²) in [6.07, 6.45) is -1.93. The molecule has 0 amide bonds. The van der Waals surface area contributed by atoms with Gasteiger partial charge in [0.15, 0.2) is 10.8 Å². The first kappa shape index (κ1) is 19.6. The molecule has 5 unspecified atom stereocenters. The van der Waals surface area contributed by atoms with Gasteiger partial charge in [-0.25, -0.2) is 0 Å². The van der Waals surface area contributed by atoms with E-state index in [0.717, 1.165) is 5.56 Å². The second-order valence-electron chi connectivity index (χ2n) is 8.00. The zero-order valence-electron chi connectivity index (χ0n) is 16.7. The quantitative estimate of drug-likeness (QED) is 0.841.